The summed E-state index contributed by atoms with van der Waals surface area (Å²) in [7, 11) is 0. The van der Waals surface area contributed by atoms with E-state index < -0.39 is 18.0 Å². The maximum absolute atomic E-state index is 13.0. The van der Waals surface area contributed by atoms with Gasteiger partial charge in [0.2, 0.25) is 29.5 Å². The van der Waals surface area contributed by atoms with E-state index in [1.54, 1.807) is 0 Å². The number of ether oxygens (including phenoxy) is 4. The third kappa shape index (κ3) is 45.9. The second-order valence-corrected chi connectivity index (χ2v) is 18.9. The molecule has 2 atom stereocenters. The molecular formula is C52H94N6O14Y-2. The minimum Gasteiger partial charge on any atom is -0.693 e. The van der Waals surface area contributed by atoms with Crippen LogP contribution in [0, 0.1) is 17.8 Å². The molecule has 20 nitrogen and oxygen atoms in total. The Hall–Kier alpha value is -3.14. The zero-order valence-corrected chi connectivity index (χ0v) is 47.2. The van der Waals surface area contributed by atoms with E-state index in [2.05, 4.69) is 26.6 Å². The molecule has 5 amide bonds. The molecular weight excluding hydrogens is 1020 g/mol. The molecule has 1 radical (unpaired) electrons. The molecule has 1 rings (SSSR count). The predicted molar refractivity (Wildman–Crippen MR) is 274 cm³/mol. The number of hydrogen-bond donors (Lipinski definition) is 7. The molecule has 1 aliphatic rings. The van der Waals surface area contributed by atoms with Gasteiger partial charge in [-0.05, 0) is 57.3 Å². The van der Waals surface area contributed by atoms with Crippen LogP contribution >= 0.6 is 0 Å². The standard InChI is InChI=1S/C52H92N5O14.H2N.Y/c1-42(39-58)20-18-19-29-53-48(61)40-70-36-35-69-33-31-55-49(62)41-71-37-34-68-32-30-54-47(60)28-27-45(52(66)67)57-51(65)44-25-23-43(24-26-44)38-56-46(59)21-16-14-12-10-8-6-4-2-3-5-7-9-11-13-15-17-22-50(63)64;;/h42-45H,2-38,40-41H2,1H3,(H,53,61)(H,54,60)(H,55,62)(H,56,59)(H,57,65)(H,63,64)(H,66,67);1H2;/q2*-1;/t42-,43?,44?,45?;;/m0../s1. The van der Waals surface area contributed by atoms with E-state index in [1.165, 1.54) is 64.2 Å². The Bertz CT molecular complexity index is 1460. The average Bonchev–Trinajstić information content (AvgIpc) is 3.35. The van der Waals surface area contributed by atoms with Crippen LogP contribution in [0.2, 0.25) is 0 Å². The first-order valence-electron chi connectivity index (χ1n) is 26.9. The first-order valence-corrected chi connectivity index (χ1v) is 26.9. The number of aliphatic carboxylic acids is 2. The number of carbonyl (C=O) groups excluding carboxylic acids is 6. The van der Waals surface area contributed by atoms with E-state index in [9.17, 15) is 43.5 Å². The van der Waals surface area contributed by atoms with Crippen LogP contribution in [0.25, 0.3) is 6.15 Å². The number of carbonyl (C=O) groups is 7. The van der Waals surface area contributed by atoms with Gasteiger partial charge in [0.15, 0.2) is 0 Å². The number of nitrogens with two attached hydrogens (primary N) is 1. The molecule has 0 saturated heterocycles. The zero-order chi connectivity index (χ0) is 52.0. The smallest absolute Gasteiger partial charge is 0.326 e. The molecule has 9 N–H and O–H groups in total. The van der Waals surface area contributed by atoms with Crippen molar-refractivity contribution in [2.45, 2.75) is 186 Å². The Labute approximate surface area is 461 Å². The van der Waals surface area contributed by atoms with E-state index >= 15 is 0 Å². The van der Waals surface area contributed by atoms with Crippen LogP contribution in [0.4, 0.5) is 0 Å². The number of unbranched alkanes of at least 4 members (excludes halogenated alkanes) is 16. The first-order chi connectivity index (χ1) is 34.4. The number of carboxylic acids is 2. The molecule has 1 unspecified atom stereocenters. The minimum atomic E-state index is -1.20. The third-order valence-electron chi connectivity index (χ3n) is 12.6. The minimum absolute atomic E-state index is 0. The second-order valence-electron chi connectivity index (χ2n) is 18.9. The summed E-state index contributed by atoms with van der Waals surface area (Å²) >= 11 is 0. The monoisotopic (exact) mass is 1120 g/mol. The molecule has 421 valence electrons. The summed E-state index contributed by atoms with van der Waals surface area (Å²) in [5, 5.41) is 32.2. The van der Waals surface area contributed by atoms with Crippen LogP contribution in [0.5, 0.6) is 0 Å². The molecule has 0 spiro atoms. The largest absolute Gasteiger partial charge is 0.693 e. The molecule has 1 saturated carbocycles. The van der Waals surface area contributed by atoms with Gasteiger partial charge in [0, 0.05) is 84.1 Å². The van der Waals surface area contributed by atoms with Gasteiger partial charge in [0.25, 0.3) is 0 Å². The van der Waals surface area contributed by atoms with Gasteiger partial charge in [-0.3, -0.25) is 35.1 Å². The molecule has 1 aliphatic carbocycles. The van der Waals surface area contributed by atoms with Crippen molar-refractivity contribution in [3.63, 3.8) is 0 Å². The van der Waals surface area contributed by atoms with Crippen LogP contribution in [0.3, 0.4) is 0 Å². The summed E-state index contributed by atoms with van der Waals surface area (Å²) in [4.78, 5) is 94.4. The van der Waals surface area contributed by atoms with Crippen molar-refractivity contribution < 1.29 is 100 Å². The molecule has 0 aromatic carbocycles. The van der Waals surface area contributed by atoms with Crippen LogP contribution in [-0.2, 0) is 90.0 Å². The Morgan fingerprint density at radius 2 is 0.945 bits per heavy atom. The Morgan fingerprint density at radius 3 is 1.42 bits per heavy atom. The summed E-state index contributed by atoms with van der Waals surface area (Å²) in [6.45, 7) is 4.45. The van der Waals surface area contributed by atoms with Crippen LogP contribution < -0.4 is 26.6 Å². The number of amides is 5. The first kappa shape index (κ1) is 71.9. The van der Waals surface area contributed by atoms with Gasteiger partial charge in [0.1, 0.15) is 19.3 Å². The van der Waals surface area contributed by atoms with Gasteiger partial charge in [-0.15, -0.1) is 5.92 Å². The molecule has 0 heterocycles. The molecule has 73 heavy (non-hydrogen) atoms. The second kappa shape index (κ2) is 51.0. The molecule has 0 bridgehead atoms. The van der Waals surface area contributed by atoms with Crippen molar-refractivity contribution in [2.75, 3.05) is 79.0 Å². The number of rotatable bonds is 49. The van der Waals surface area contributed by atoms with Crippen molar-refractivity contribution in [1.29, 1.82) is 0 Å². The van der Waals surface area contributed by atoms with Crippen LogP contribution in [0.1, 0.15) is 180 Å². The van der Waals surface area contributed by atoms with Gasteiger partial charge in [-0.25, -0.2) is 4.79 Å². The predicted octanol–water partition coefficient (Wildman–Crippen LogP) is 6.41. The number of carboxylic acid groups (broad SMARTS) is 2. The quantitative estimate of drug-likeness (QED) is 0.0256. The van der Waals surface area contributed by atoms with Crippen molar-refractivity contribution in [2.24, 2.45) is 17.8 Å². The summed E-state index contributed by atoms with van der Waals surface area (Å²) in [6.07, 6.45) is 26.5. The Kier molecular flexibility index (Phi) is 50.3. The Balaban J connectivity index is 0. The maximum Gasteiger partial charge on any atom is 0.326 e. The molecule has 21 heteroatoms. The fourth-order valence-corrected chi connectivity index (χ4v) is 8.18. The summed E-state index contributed by atoms with van der Waals surface area (Å²) in [5.74, 6) is -3.18. The third-order valence-corrected chi connectivity index (χ3v) is 12.6. The normalized spacial score (nSPS) is 14.9. The average molecular weight is 1120 g/mol. The van der Waals surface area contributed by atoms with E-state index in [0.717, 1.165) is 70.6 Å². The van der Waals surface area contributed by atoms with Crippen molar-refractivity contribution in [3.05, 3.63) is 6.15 Å². The van der Waals surface area contributed by atoms with Crippen LogP contribution in [-0.4, -0.2) is 143 Å². The topological polar surface area (TPSA) is 308 Å². The maximum atomic E-state index is 13.0. The summed E-state index contributed by atoms with van der Waals surface area (Å²) in [6, 6.07) is -1.19. The molecule has 1 fully saturated rings. The number of hydrogen-bond acceptors (Lipinski definition) is 12. The summed E-state index contributed by atoms with van der Waals surface area (Å²) in [5.41, 5.74) is 0. The SMILES string of the molecule is C[C@H]([C-]=O)CCCCNC(=O)COCCOCCNC(=O)COCCOCCNC(=O)CCC(NC(=O)C1CCC(CNC(=O)CCCCCCCCCCCCCCCCCCC(=O)O)CC1)C(=O)O.[NH2-].[Y]. The van der Waals surface area contributed by atoms with Gasteiger partial charge >= 0.3 is 11.9 Å². The number of nitrogens with one attached hydrogen (secondary N) is 5. The van der Waals surface area contributed by atoms with Gasteiger partial charge in [0.05, 0.1) is 39.6 Å². The van der Waals surface area contributed by atoms with Crippen LogP contribution in [0.15, 0.2) is 0 Å². The van der Waals surface area contributed by atoms with E-state index in [-0.39, 0.29) is 165 Å². The Morgan fingerprint density at radius 1 is 0.507 bits per heavy atom. The van der Waals surface area contributed by atoms with E-state index in [0.29, 0.717) is 38.8 Å². The van der Waals surface area contributed by atoms with Gasteiger partial charge in [-0.1, -0.05) is 110 Å². The van der Waals surface area contributed by atoms with E-state index in [1.807, 2.05) is 13.2 Å². The molecule has 0 aromatic rings. The van der Waals surface area contributed by atoms with Gasteiger partial charge in [-0.2, -0.15) is 0 Å². The fourth-order valence-electron chi connectivity index (χ4n) is 8.18. The van der Waals surface area contributed by atoms with Crippen molar-refractivity contribution in [3.8, 4) is 0 Å². The van der Waals surface area contributed by atoms with Crippen molar-refractivity contribution >= 4 is 47.8 Å². The van der Waals surface area contributed by atoms with Crippen molar-refractivity contribution in [1.82, 2.24) is 26.6 Å². The molecule has 0 aliphatic heterocycles. The van der Waals surface area contributed by atoms with Gasteiger partial charge < -0.3 is 66.7 Å². The van der Waals surface area contributed by atoms with E-state index in [4.69, 9.17) is 24.1 Å². The zero-order valence-electron chi connectivity index (χ0n) is 44.3. The fraction of sp³-hybridized carbons (Fsp3) is 0.846. The molecule has 0 aromatic heterocycles. The summed E-state index contributed by atoms with van der Waals surface area (Å²) < 4.78 is 21.4.